The smallest absolute Gasteiger partial charge is 0.156 e. The van der Waals surface area contributed by atoms with Crippen LogP contribution in [-0.2, 0) is 11.2 Å². The quantitative estimate of drug-likeness (QED) is 0.717. The monoisotopic (exact) mass is 268 g/mol. The van der Waals surface area contributed by atoms with Crippen molar-refractivity contribution in [1.29, 1.82) is 0 Å². The molecule has 2 aromatic rings. The molecule has 0 fully saturated rings. The first-order valence-electron chi connectivity index (χ1n) is 6.30. The van der Waals surface area contributed by atoms with Crippen molar-refractivity contribution < 1.29 is 4.79 Å². The average Bonchev–Trinajstić information content (AvgIpc) is 2.86. The fourth-order valence-corrected chi connectivity index (χ4v) is 3.01. The molecule has 2 aromatic carbocycles. The molecule has 1 nitrogen and oxygen atoms in total. The van der Waals surface area contributed by atoms with Gasteiger partial charge in [-0.1, -0.05) is 42.5 Å². The minimum atomic E-state index is 0. The van der Waals surface area contributed by atoms with Gasteiger partial charge in [-0.3, -0.25) is 4.79 Å². The van der Waals surface area contributed by atoms with Gasteiger partial charge in [0, 0.05) is 6.42 Å². The number of ketones is 1. The third-order valence-corrected chi connectivity index (χ3v) is 3.90. The van der Waals surface area contributed by atoms with Gasteiger partial charge in [0.2, 0.25) is 0 Å². The molecule has 0 N–H and O–H groups in total. The molecule has 0 radical (unpaired) electrons. The third kappa shape index (κ3) is 1.73. The molecule has 2 heteroatoms. The number of hydrogen-bond donors (Lipinski definition) is 0. The Balaban J connectivity index is 0.00000110. The number of rotatable bonds is 0. The second-order valence-corrected chi connectivity index (χ2v) is 4.93. The molecule has 0 heterocycles. The van der Waals surface area contributed by atoms with Crippen LogP contribution in [0.5, 0.6) is 0 Å². The Morgan fingerprint density at radius 2 is 1.68 bits per heavy atom. The minimum Gasteiger partial charge on any atom is -0.295 e. The number of hydrogen-bond acceptors (Lipinski definition) is 1. The Hall–Kier alpha value is -1.86. The lowest BCUT2D eigenvalue weighted by Crippen LogP contribution is -2.19. The van der Waals surface area contributed by atoms with E-state index in [0.717, 1.165) is 11.6 Å². The van der Waals surface area contributed by atoms with Gasteiger partial charge in [0.05, 0.1) is 0 Å². The summed E-state index contributed by atoms with van der Waals surface area (Å²) in [6.07, 6.45) is 9.71. The summed E-state index contributed by atoms with van der Waals surface area (Å²) in [6, 6.07) is 8.60. The van der Waals surface area contributed by atoms with E-state index in [1.807, 2.05) is 0 Å². The Kier molecular flexibility index (Phi) is 2.79. The van der Waals surface area contributed by atoms with Crippen molar-refractivity contribution in [3.05, 3.63) is 51.9 Å². The van der Waals surface area contributed by atoms with Crippen LogP contribution in [0.2, 0.25) is 0 Å². The van der Waals surface area contributed by atoms with Crippen molar-refractivity contribution in [2.45, 2.75) is 12.8 Å². The number of carbonyl (C=O) groups is 1. The van der Waals surface area contributed by atoms with Crippen molar-refractivity contribution in [3.8, 4) is 0 Å². The summed E-state index contributed by atoms with van der Waals surface area (Å²) in [7, 11) is 0. The molecule has 0 aromatic heterocycles. The molecular weight excluding hydrogens is 256 g/mol. The number of benzene rings is 2. The zero-order chi connectivity index (χ0) is 12.1. The van der Waals surface area contributed by atoms with Gasteiger partial charge in [0.25, 0.3) is 0 Å². The van der Waals surface area contributed by atoms with E-state index in [0.29, 0.717) is 6.42 Å². The van der Waals surface area contributed by atoms with E-state index in [-0.39, 0.29) is 18.2 Å². The highest BCUT2D eigenvalue weighted by atomic mass is 35.5. The lowest BCUT2D eigenvalue weighted by Gasteiger charge is -2.12. The molecule has 0 bridgehead atoms. The van der Waals surface area contributed by atoms with E-state index in [2.05, 4.69) is 42.5 Å². The Morgan fingerprint density at radius 1 is 0.895 bits per heavy atom. The van der Waals surface area contributed by atoms with Crippen molar-refractivity contribution in [1.82, 2.24) is 0 Å². The number of Topliss-reactive ketones (excluding diaryl/α,β-unsaturated/α-hetero) is 1. The number of carbonyl (C=O) groups excluding carboxylic acids is 1. The average molecular weight is 269 g/mol. The van der Waals surface area contributed by atoms with Gasteiger partial charge in [0.15, 0.2) is 5.78 Å². The Bertz CT molecular complexity index is 844. The molecule has 0 saturated heterocycles. The van der Waals surface area contributed by atoms with Crippen molar-refractivity contribution in [2.24, 2.45) is 0 Å². The van der Waals surface area contributed by atoms with Crippen LogP contribution in [0.25, 0.3) is 29.0 Å². The Labute approximate surface area is 117 Å². The maximum atomic E-state index is 11.5. The predicted octanol–water partition coefficient (Wildman–Crippen LogP) is 2.36. The standard InChI is InChI=1S/C17H12O.ClH/c18-13-6-9-15-12(10-13)5-8-16-14-3-1-2-11(14)4-7-17(15)16;/h1-5,7-8,10H,6,9H2;1H. The number of halogens is 1. The Morgan fingerprint density at radius 3 is 2.58 bits per heavy atom. The third-order valence-electron chi connectivity index (χ3n) is 3.90. The molecule has 94 valence electrons. The molecule has 2 aliphatic rings. The lowest BCUT2D eigenvalue weighted by atomic mass is 9.91. The van der Waals surface area contributed by atoms with Crippen molar-refractivity contribution in [3.63, 3.8) is 0 Å². The topological polar surface area (TPSA) is 17.1 Å². The largest absolute Gasteiger partial charge is 0.295 e. The van der Waals surface area contributed by atoms with Gasteiger partial charge in [0.1, 0.15) is 0 Å². The summed E-state index contributed by atoms with van der Waals surface area (Å²) < 4.78 is 0. The fraction of sp³-hybridized carbons (Fsp3) is 0.118. The van der Waals surface area contributed by atoms with E-state index >= 15 is 0 Å². The summed E-state index contributed by atoms with van der Waals surface area (Å²) in [5.74, 6) is 0.247. The molecule has 19 heavy (non-hydrogen) atoms. The number of fused-ring (bicyclic) bond motifs is 5. The highest BCUT2D eigenvalue weighted by molar-refractivity contribution is 6.08. The highest BCUT2D eigenvalue weighted by Crippen LogP contribution is 2.22. The molecule has 2 aliphatic carbocycles. The molecule has 0 atom stereocenters. The normalized spacial score (nSPS) is 15.3. The summed E-state index contributed by atoms with van der Waals surface area (Å²) in [5.41, 5.74) is 2.64. The maximum absolute atomic E-state index is 11.5. The van der Waals surface area contributed by atoms with Gasteiger partial charge >= 0.3 is 0 Å². The van der Waals surface area contributed by atoms with Crippen molar-refractivity contribution >= 4 is 47.2 Å². The van der Waals surface area contributed by atoms with Crippen LogP contribution < -0.4 is 10.4 Å². The van der Waals surface area contributed by atoms with E-state index in [1.54, 1.807) is 6.08 Å². The zero-order valence-electron chi connectivity index (χ0n) is 10.3. The highest BCUT2D eigenvalue weighted by Gasteiger charge is 2.13. The van der Waals surface area contributed by atoms with Crippen molar-refractivity contribution in [2.75, 3.05) is 0 Å². The van der Waals surface area contributed by atoms with Crippen LogP contribution in [0.3, 0.4) is 0 Å². The summed E-state index contributed by atoms with van der Waals surface area (Å²) in [6.45, 7) is 0. The molecule has 4 rings (SSSR count). The predicted molar refractivity (Wildman–Crippen MR) is 81.7 cm³/mol. The zero-order valence-corrected chi connectivity index (χ0v) is 11.2. The first-order chi connectivity index (χ1) is 8.83. The molecule has 0 spiro atoms. The van der Waals surface area contributed by atoms with Gasteiger partial charge in [-0.2, -0.15) is 0 Å². The SMILES string of the molecule is Cl.O=C1C=c2ccc3c4c(ccc3c2CC1)=CC=C4. The van der Waals surface area contributed by atoms with Crippen LogP contribution in [0.15, 0.2) is 30.3 Å². The molecule has 0 aliphatic heterocycles. The van der Waals surface area contributed by atoms with E-state index in [9.17, 15) is 4.79 Å². The first kappa shape index (κ1) is 12.2. The summed E-state index contributed by atoms with van der Waals surface area (Å²) in [5, 5.41) is 5.00. The van der Waals surface area contributed by atoms with E-state index in [1.165, 1.54) is 27.1 Å². The van der Waals surface area contributed by atoms with E-state index in [4.69, 9.17) is 0 Å². The lowest BCUT2D eigenvalue weighted by molar-refractivity contribution is -0.113. The molecule has 0 amide bonds. The molecule has 0 saturated carbocycles. The second kappa shape index (κ2) is 4.36. The summed E-state index contributed by atoms with van der Waals surface area (Å²) in [4.78, 5) is 11.5. The molecule has 0 unspecified atom stereocenters. The van der Waals surface area contributed by atoms with Gasteiger partial charge < -0.3 is 0 Å². The number of aryl methyl sites for hydroxylation is 1. The second-order valence-electron chi connectivity index (χ2n) is 4.93. The molecular formula is C17H13ClO. The van der Waals surface area contributed by atoms with Gasteiger partial charge in [-0.05, 0) is 44.8 Å². The van der Waals surface area contributed by atoms with Crippen LogP contribution in [0, 0.1) is 0 Å². The summed E-state index contributed by atoms with van der Waals surface area (Å²) >= 11 is 0. The van der Waals surface area contributed by atoms with Crippen LogP contribution >= 0.6 is 12.4 Å². The van der Waals surface area contributed by atoms with Crippen LogP contribution in [-0.4, -0.2) is 5.78 Å². The van der Waals surface area contributed by atoms with E-state index < -0.39 is 0 Å². The number of allylic oxidation sites excluding steroid dienone is 1. The maximum Gasteiger partial charge on any atom is 0.156 e. The van der Waals surface area contributed by atoms with Crippen LogP contribution in [0.1, 0.15) is 17.5 Å². The van der Waals surface area contributed by atoms with Crippen LogP contribution in [0.4, 0.5) is 0 Å². The van der Waals surface area contributed by atoms with Gasteiger partial charge in [-0.25, -0.2) is 0 Å². The minimum absolute atomic E-state index is 0. The first-order valence-corrected chi connectivity index (χ1v) is 6.30. The van der Waals surface area contributed by atoms with Gasteiger partial charge in [-0.15, -0.1) is 12.4 Å². The fourth-order valence-electron chi connectivity index (χ4n) is 3.01.